The molecule has 2 fully saturated rings. The molecule has 6 heteroatoms. The van der Waals surface area contributed by atoms with Crippen LogP contribution in [0.4, 0.5) is 0 Å². The van der Waals surface area contributed by atoms with Gasteiger partial charge < -0.3 is 14.6 Å². The van der Waals surface area contributed by atoms with Gasteiger partial charge in [-0.2, -0.15) is 0 Å². The van der Waals surface area contributed by atoms with E-state index in [4.69, 9.17) is 14.6 Å². The molecular formula is C30H47NO5. The number of carboxylic acids is 1. The molecule has 1 heterocycles. The van der Waals surface area contributed by atoms with Gasteiger partial charge in [-0.3, -0.25) is 9.69 Å². The normalized spacial score (nSPS) is 22.8. The molecule has 2 aliphatic carbocycles. The Morgan fingerprint density at radius 3 is 2.50 bits per heavy atom. The molecule has 3 atom stereocenters. The maximum Gasteiger partial charge on any atom is 0.343 e. The first kappa shape index (κ1) is 28.5. The van der Waals surface area contributed by atoms with Crippen molar-refractivity contribution in [3.8, 4) is 5.75 Å². The summed E-state index contributed by atoms with van der Waals surface area (Å²) in [7, 11) is 1.40. The highest BCUT2D eigenvalue weighted by Gasteiger charge is 2.39. The van der Waals surface area contributed by atoms with Crippen LogP contribution in [-0.4, -0.2) is 55.3 Å². The molecule has 0 bridgehead atoms. The van der Waals surface area contributed by atoms with E-state index in [1.807, 2.05) is 11.0 Å². The van der Waals surface area contributed by atoms with Gasteiger partial charge in [0.25, 0.3) is 0 Å². The number of fused-ring (bicyclic) bond motifs is 2. The minimum atomic E-state index is -0.711. The number of likely N-dealkylation sites (tertiary alicyclic amines) is 1. The fraction of sp³-hybridized carbons (Fsp3) is 0.733. The molecule has 3 aliphatic rings. The van der Waals surface area contributed by atoms with Gasteiger partial charge in [0.1, 0.15) is 5.75 Å². The zero-order valence-electron chi connectivity index (χ0n) is 22.5. The lowest BCUT2D eigenvalue weighted by molar-refractivity contribution is -0.143. The first-order valence-electron chi connectivity index (χ1n) is 14.3. The molecule has 1 N–H and O–H groups in total. The fourth-order valence-electron chi connectivity index (χ4n) is 6.39. The highest BCUT2D eigenvalue weighted by atomic mass is 16.6. The maximum atomic E-state index is 11.4. The summed E-state index contributed by atoms with van der Waals surface area (Å²) in [4.78, 5) is 23.5. The van der Waals surface area contributed by atoms with Crippen LogP contribution in [0.3, 0.4) is 0 Å². The van der Waals surface area contributed by atoms with Crippen LogP contribution in [0.1, 0.15) is 88.7 Å². The van der Waals surface area contributed by atoms with Crippen LogP contribution in [0.15, 0.2) is 18.2 Å². The molecule has 0 amide bonds. The van der Waals surface area contributed by atoms with E-state index in [0.29, 0.717) is 0 Å². The van der Waals surface area contributed by atoms with E-state index in [2.05, 4.69) is 19.1 Å². The standard InChI is InChI=1S/C24H36O3.C6H11NO2/c1-3-4-5-6-7-8-10-18-13-14-20-16-22-19(15-21(18)20)11-9-12-23(22)27-17-24(25)26-2;8-6(9)5-7-3-1-2-4-7/h9,11-12,18,20-21H,3-8,10,13-17H2,1-2H3;1-5H2,(H,8,9). The fourth-order valence-corrected chi connectivity index (χ4v) is 6.39. The molecule has 1 saturated carbocycles. The Hall–Kier alpha value is -2.08. The van der Waals surface area contributed by atoms with Gasteiger partial charge in [-0.15, -0.1) is 0 Å². The molecule has 1 saturated heterocycles. The summed E-state index contributed by atoms with van der Waals surface area (Å²) in [5.74, 6) is 2.41. The molecule has 0 spiro atoms. The van der Waals surface area contributed by atoms with Crippen molar-refractivity contribution in [1.29, 1.82) is 0 Å². The third-order valence-corrected chi connectivity index (χ3v) is 8.33. The Bertz CT molecular complexity index is 820. The van der Waals surface area contributed by atoms with E-state index >= 15 is 0 Å². The number of benzene rings is 1. The topological polar surface area (TPSA) is 76.1 Å². The van der Waals surface area contributed by atoms with Crippen LogP contribution >= 0.6 is 0 Å². The largest absolute Gasteiger partial charge is 0.482 e. The van der Waals surface area contributed by atoms with Gasteiger partial charge in [-0.05, 0) is 86.6 Å². The highest BCUT2D eigenvalue weighted by molar-refractivity contribution is 5.71. The van der Waals surface area contributed by atoms with Crippen molar-refractivity contribution in [1.82, 2.24) is 4.90 Å². The second-order valence-electron chi connectivity index (χ2n) is 10.9. The minimum Gasteiger partial charge on any atom is -0.482 e. The van der Waals surface area contributed by atoms with Crippen molar-refractivity contribution in [2.24, 2.45) is 17.8 Å². The monoisotopic (exact) mass is 501 g/mol. The second kappa shape index (κ2) is 15.2. The van der Waals surface area contributed by atoms with Crippen molar-refractivity contribution in [2.75, 3.05) is 33.4 Å². The van der Waals surface area contributed by atoms with Gasteiger partial charge in [-0.25, -0.2) is 4.79 Å². The number of ether oxygens (including phenoxy) is 2. The number of aliphatic carboxylic acids is 1. The lowest BCUT2D eigenvalue weighted by Gasteiger charge is -2.32. The summed E-state index contributed by atoms with van der Waals surface area (Å²) in [6.45, 7) is 4.44. The number of hydrogen-bond acceptors (Lipinski definition) is 5. The summed E-state index contributed by atoms with van der Waals surface area (Å²) in [5.41, 5.74) is 2.77. The van der Waals surface area contributed by atoms with E-state index in [1.165, 1.54) is 82.4 Å². The van der Waals surface area contributed by atoms with E-state index in [0.717, 1.165) is 55.9 Å². The molecule has 36 heavy (non-hydrogen) atoms. The van der Waals surface area contributed by atoms with Crippen LogP contribution in [0.5, 0.6) is 5.75 Å². The van der Waals surface area contributed by atoms with E-state index < -0.39 is 5.97 Å². The van der Waals surface area contributed by atoms with Crippen molar-refractivity contribution >= 4 is 11.9 Å². The molecule has 4 rings (SSSR count). The molecule has 1 aliphatic heterocycles. The number of carbonyl (C=O) groups excluding carboxylic acids is 1. The van der Waals surface area contributed by atoms with Gasteiger partial charge in [-0.1, -0.05) is 64.0 Å². The Labute approximate surface area is 217 Å². The predicted octanol–water partition coefficient (Wildman–Crippen LogP) is 5.90. The predicted molar refractivity (Wildman–Crippen MR) is 142 cm³/mol. The molecule has 0 radical (unpaired) electrons. The zero-order valence-corrected chi connectivity index (χ0v) is 22.5. The molecule has 1 aromatic rings. The smallest absolute Gasteiger partial charge is 0.343 e. The van der Waals surface area contributed by atoms with Crippen LogP contribution in [-0.2, 0) is 27.2 Å². The average Bonchev–Trinajstić information content (AvgIpc) is 3.53. The average molecular weight is 502 g/mol. The van der Waals surface area contributed by atoms with E-state index in [9.17, 15) is 9.59 Å². The summed E-state index contributed by atoms with van der Waals surface area (Å²) in [6.07, 6.45) is 17.2. The third-order valence-electron chi connectivity index (χ3n) is 8.33. The van der Waals surface area contributed by atoms with Crippen molar-refractivity contribution in [2.45, 2.75) is 90.4 Å². The molecule has 0 aromatic heterocycles. The Morgan fingerprint density at radius 1 is 1.03 bits per heavy atom. The number of methoxy groups -OCH3 is 1. The van der Waals surface area contributed by atoms with Gasteiger partial charge in [0, 0.05) is 0 Å². The van der Waals surface area contributed by atoms with Gasteiger partial charge in [0.2, 0.25) is 0 Å². The Morgan fingerprint density at radius 2 is 1.78 bits per heavy atom. The van der Waals surface area contributed by atoms with Crippen molar-refractivity contribution in [3.63, 3.8) is 0 Å². The zero-order chi connectivity index (χ0) is 25.8. The van der Waals surface area contributed by atoms with Crippen LogP contribution in [0.25, 0.3) is 0 Å². The summed E-state index contributed by atoms with van der Waals surface area (Å²) in [6, 6.07) is 6.34. The van der Waals surface area contributed by atoms with Crippen LogP contribution in [0, 0.1) is 17.8 Å². The summed E-state index contributed by atoms with van der Waals surface area (Å²) >= 11 is 0. The van der Waals surface area contributed by atoms with Crippen LogP contribution < -0.4 is 4.74 Å². The Balaban J connectivity index is 0.000000338. The number of carbonyl (C=O) groups is 2. The lowest BCUT2D eigenvalue weighted by atomic mass is 9.73. The number of esters is 1. The molecule has 1 aromatic carbocycles. The molecule has 202 valence electrons. The van der Waals surface area contributed by atoms with E-state index in [-0.39, 0.29) is 19.1 Å². The summed E-state index contributed by atoms with van der Waals surface area (Å²) < 4.78 is 10.5. The Kier molecular flexibility index (Phi) is 12.1. The minimum absolute atomic E-state index is 0.00169. The SMILES string of the molecule is CCCCCCCCC1CCC2Cc3c(cccc3OCC(=O)OC)CC12.O=C(O)CN1CCCC1. The van der Waals surface area contributed by atoms with Gasteiger partial charge in [0.05, 0.1) is 13.7 Å². The molecular weight excluding hydrogens is 454 g/mol. The number of carboxylic acid groups (broad SMARTS) is 1. The second-order valence-corrected chi connectivity index (χ2v) is 10.9. The van der Waals surface area contributed by atoms with E-state index in [1.54, 1.807) is 0 Å². The number of unbranched alkanes of at least 4 members (excludes halogenated alkanes) is 5. The molecule has 3 unspecified atom stereocenters. The highest BCUT2D eigenvalue weighted by Crippen LogP contribution is 2.48. The quantitative estimate of drug-likeness (QED) is 0.284. The first-order valence-corrected chi connectivity index (χ1v) is 14.3. The van der Waals surface area contributed by atoms with Crippen molar-refractivity contribution in [3.05, 3.63) is 29.3 Å². The first-order chi connectivity index (χ1) is 17.5. The number of hydrogen-bond donors (Lipinski definition) is 1. The molecule has 6 nitrogen and oxygen atoms in total. The van der Waals surface area contributed by atoms with Gasteiger partial charge >= 0.3 is 11.9 Å². The number of nitrogens with zero attached hydrogens (tertiary/aromatic N) is 1. The van der Waals surface area contributed by atoms with Crippen molar-refractivity contribution < 1.29 is 24.2 Å². The van der Waals surface area contributed by atoms with Crippen LogP contribution in [0.2, 0.25) is 0 Å². The number of rotatable bonds is 12. The lowest BCUT2D eigenvalue weighted by Crippen LogP contribution is -2.26. The van der Waals surface area contributed by atoms with Gasteiger partial charge in [0.15, 0.2) is 6.61 Å². The third kappa shape index (κ3) is 8.79. The maximum absolute atomic E-state index is 11.4. The summed E-state index contributed by atoms with van der Waals surface area (Å²) in [5, 5.41) is 8.33.